The zero-order chi connectivity index (χ0) is 10.1. The minimum Gasteiger partial charge on any atom is -0.370 e. The van der Waals surface area contributed by atoms with Crippen molar-refractivity contribution in [2.75, 3.05) is 0 Å². The highest BCUT2D eigenvalue weighted by atomic mass is 32.1. The summed E-state index contributed by atoms with van der Waals surface area (Å²) in [5.74, 6) is 0.367. The van der Waals surface area contributed by atoms with Crippen molar-refractivity contribution in [3.63, 3.8) is 0 Å². The molecule has 1 aliphatic heterocycles. The minimum atomic E-state index is -0.135. The highest BCUT2D eigenvalue weighted by molar-refractivity contribution is 7.80. The van der Waals surface area contributed by atoms with E-state index in [2.05, 4.69) is 21.7 Å². The molecule has 0 bridgehead atoms. The maximum atomic E-state index is 5.59. The lowest BCUT2D eigenvalue weighted by atomic mass is 10.2. The number of thiocarbonyl (C=S) groups is 1. The first-order valence-electron chi connectivity index (χ1n) is 4.11. The summed E-state index contributed by atoms with van der Waals surface area (Å²) in [6, 6.07) is 2.05. The van der Waals surface area contributed by atoms with E-state index in [1.165, 1.54) is 5.56 Å². The average molecular weight is 226 g/mol. The van der Waals surface area contributed by atoms with Crippen LogP contribution in [0.1, 0.15) is 16.6 Å². The van der Waals surface area contributed by atoms with Crippen LogP contribution < -0.4 is 16.4 Å². The molecule has 1 atom stereocenters. The summed E-state index contributed by atoms with van der Waals surface area (Å²) in [6.45, 7) is 2.05. The maximum Gasteiger partial charge on any atom is 0.197 e. The SMILES string of the molecule is Cc1ccsc1[C@H]1N=C(N)NC(=S)N1. The van der Waals surface area contributed by atoms with Gasteiger partial charge in [0.2, 0.25) is 0 Å². The van der Waals surface area contributed by atoms with E-state index < -0.39 is 0 Å². The van der Waals surface area contributed by atoms with Gasteiger partial charge in [-0.3, -0.25) is 0 Å². The van der Waals surface area contributed by atoms with Crippen LogP contribution in [0.2, 0.25) is 0 Å². The quantitative estimate of drug-likeness (QED) is 0.621. The van der Waals surface area contributed by atoms with Crippen LogP contribution in [0.4, 0.5) is 0 Å². The van der Waals surface area contributed by atoms with E-state index in [1.54, 1.807) is 11.3 Å². The molecule has 14 heavy (non-hydrogen) atoms. The second-order valence-corrected chi connectivity index (χ2v) is 4.34. The highest BCUT2D eigenvalue weighted by Crippen LogP contribution is 2.25. The molecule has 1 aliphatic rings. The van der Waals surface area contributed by atoms with Crippen LogP contribution in [-0.4, -0.2) is 11.1 Å². The van der Waals surface area contributed by atoms with Crippen LogP contribution in [0, 0.1) is 6.92 Å². The van der Waals surface area contributed by atoms with Crippen molar-refractivity contribution in [3.05, 3.63) is 21.9 Å². The first kappa shape index (κ1) is 9.42. The van der Waals surface area contributed by atoms with Gasteiger partial charge in [0.1, 0.15) is 0 Å². The monoisotopic (exact) mass is 226 g/mol. The summed E-state index contributed by atoms with van der Waals surface area (Å²) in [5, 5.41) is 8.35. The Labute approximate surface area is 91.2 Å². The van der Waals surface area contributed by atoms with Crippen molar-refractivity contribution in [3.8, 4) is 0 Å². The molecule has 0 saturated carbocycles. The molecule has 0 amide bonds. The highest BCUT2D eigenvalue weighted by Gasteiger charge is 2.19. The summed E-state index contributed by atoms with van der Waals surface area (Å²) in [4.78, 5) is 5.38. The van der Waals surface area contributed by atoms with Crippen molar-refractivity contribution in [1.82, 2.24) is 10.6 Å². The van der Waals surface area contributed by atoms with Crippen LogP contribution >= 0.6 is 23.6 Å². The normalized spacial score (nSPS) is 21.1. The molecule has 1 aromatic rings. The van der Waals surface area contributed by atoms with Crippen molar-refractivity contribution < 1.29 is 0 Å². The summed E-state index contributed by atoms with van der Waals surface area (Å²) in [7, 11) is 0. The number of thiophene rings is 1. The van der Waals surface area contributed by atoms with E-state index >= 15 is 0 Å². The fourth-order valence-electron chi connectivity index (χ4n) is 1.27. The Kier molecular flexibility index (Phi) is 2.39. The second-order valence-electron chi connectivity index (χ2n) is 2.98. The van der Waals surface area contributed by atoms with Crippen LogP contribution in [0.15, 0.2) is 16.4 Å². The molecule has 0 saturated heterocycles. The molecule has 0 aromatic carbocycles. The zero-order valence-corrected chi connectivity index (χ0v) is 9.21. The number of hydrogen-bond acceptors (Lipinski definition) is 4. The van der Waals surface area contributed by atoms with Crippen molar-refractivity contribution >= 4 is 34.6 Å². The van der Waals surface area contributed by atoms with Gasteiger partial charge in [0.05, 0.1) is 4.88 Å². The van der Waals surface area contributed by atoms with Crippen molar-refractivity contribution in [2.24, 2.45) is 10.7 Å². The standard InChI is InChI=1S/C8H10N4S2/c1-4-2-3-14-5(4)6-10-7(9)12-8(13)11-6/h2-3,6H,1H3,(H4,9,10,11,12,13)/t6-/m0/s1. The molecule has 4 nitrogen and oxygen atoms in total. The number of nitrogens with two attached hydrogens (primary N) is 1. The van der Waals surface area contributed by atoms with Gasteiger partial charge in [-0.15, -0.1) is 11.3 Å². The van der Waals surface area contributed by atoms with Gasteiger partial charge in [0.25, 0.3) is 0 Å². The fraction of sp³-hybridized carbons (Fsp3) is 0.250. The predicted molar refractivity (Wildman–Crippen MR) is 62.3 cm³/mol. The van der Waals surface area contributed by atoms with Gasteiger partial charge in [0.15, 0.2) is 17.2 Å². The average Bonchev–Trinajstić information content (AvgIpc) is 2.49. The third-order valence-corrected chi connectivity index (χ3v) is 3.22. The smallest absolute Gasteiger partial charge is 0.197 e. The van der Waals surface area contributed by atoms with Crippen molar-refractivity contribution in [1.29, 1.82) is 0 Å². The lowest BCUT2D eigenvalue weighted by molar-refractivity contribution is 0.669. The number of guanidine groups is 1. The third kappa shape index (κ3) is 1.71. The maximum absolute atomic E-state index is 5.59. The number of rotatable bonds is 1. The Morgan fingerprint density at radius 1 is 1.64 bits per heavy atom. The number of aliphatic imine (C=N–C) groups is 1. The van der Waals surface area contributed by atoms with Gasteiger partial charge < -0.3 is 16.4 Å². The summed E-state index contributed by atoms with van der Waals surface area (Å²) in [5.41, 5.74) is 6.79. The molecule has 2 heterocycles. The molecule has 0 spiro atoms. The van der Waals surface area contributed by atoms with Gasteiger partial charge in [-0.1, -0.05) is 0 Å². The van der Waals surface area contributed by atoms with E-state index in [1.807, 2.05) is 12.3 Å². The minimum absolute atomic E-state index is 0.135. The molecule has 74 valence electrons. The number of aryl methyl sites for hydroxylation is 1. The second kappa shape index (κ2) is 3.55. The lowest BCUT2D eigenvalue weighted by Gasteiger charge is -2.22. The molecule has 0 fully saturated rings. The molecule has 6 heteroatoms. The van der Waals surface area contributed by atoms with Gasteiger partial charge in [-0.25, -0.2) is 4.99 Å². The summed E-state index contributed by atoms with van der Waals surface area (Å²) < 4.78 is 0. The van der Waals surface area contributed by atoms with E-state index in [9.17, 15) is 0 Å². The van der Waals surface area contributed by atoms with E-state index in [0.717, 1.165) is 4.88 Å². The molecule has 0 unspecified atom stereocenters. The number of nitrogens with one attached hydrogen (secondary N) is 2. The predicted octanol–water partition coefficient (Wildman–Crippen LogP) is 0.848. The van der Waals surface area contributed by atoms with Gasteiger partial charge in [0, 0.05) is 0 Å². The third-order valence-electron chi connectivity index (χ3n) is 1.93. The zero-order valence-electron chi connectivity index (χ0n) is 7.57. The van der Waals surface area contributed by atoms with Crippen molar-refractivity contribution in [2.45, 2.75) is 13.1 Å². The van der Waals surface area contributed by atoms with E-state index in [-0.39, 0.29) is 6.17 Å². The molecular formula is C8H10N4S2. The molecule has 4 N–H and O–H groups in total. The first-order valence-corrected chi connectivity index (χ1v) is 5.40. The Balaban J connectivity index is 2.32. The Bertz CT molecular complexity index is 396. The van der Waals surface area contributed by atoms with E-state index in [0.29, 0.717) is 11.1 Å². The van der Waals surface area contributed by atoms with Gasteiger partial charge >= 0.3 is 0 Å². The Morgan fingerprint density at radius 3 is 3.00 bits per heavy atom. The van der Waals surface area contributed by atoms with Crippen LogP contribution in [0.25, 0.3) is 0 Å². The molecular weight excluding hydrogens is 216 g/mol. The summed E-state index contributed by atoms with van der Waals surface area (Å²) in [6.07, 6.45) is -0.135. The fourth-order valence-corrected chi connectivity index (χ4v) is 2.40. The Morgan fingerprint density at radius 2 is 2.43 bits per heavy atom. The van der Waals surface area contributed by atoms with Crippen LogP contribution in [0.5, 0.6) is 0 Å². The molecule has 0 aliphatic carbocycles. The Hall–Kier alpha value is -1.14. The number of nitrogens with zero attached hydrogens (tertiary/aromatic N) is 1. The van der Waals surface area contributed by atoms with Gasteiger partial charge in [-0.2, -0.15) is 0 Å². The largest absolute Gasteiger partial charge is 0.370 e. The lowest BCUT2D eigenvalue weighted by Crippen LogP contribution is -2.49. The molecule has 0 radical (unpaired) electrons. The molecule has 2 rings (SSSR count). The van der Waals surface area contributed by atoms with Gasteiger partial charge in [-0.05, 0) is 36.2 Å². The topological polar surface area (TPSA) is 62.4 Å². The van der Waals surface area contributed by atoms with Crippen LogP contribution in [0.3, 0.4) is 0 Å². The molecule has 1 aromatic heterocycles. The summed E-state index contributed by atoms with van der Waals surface area (Å²) >= 11 is 6.65. The first-order chi connectivity index (χ1) is 6.66. The van der Waals surface area contributed by atoms with Crippen LogP contribution in [-0.2, 0) is 0 Å². The van der Waals surface area contributed by atoms with E-state index in [4.69, 9.17) is 18.0 Å². The number of hydrogen-bond donors (Lipinski definition) is 3.